The molecule has 1 rings (SSSR count). The quantitative estimate of drug-likeness (QED) is 0.689. The SMILES string of the molecule is CC(=O)Nc1ccccc1CNCC(=O)O. The van der Waals surface area contributed by atoms with Crippen molar-refractivity contribution >= 4 is 17.6 Å². The van der Waals surface area contributed by atoms with E-state index in [9.17, 15) is 9.59 Å². The van der Waals surface area contributed by atoms with Crippen LogP contribution in [-0.4, -0.2) is 23.5 Å². The molecule has 0 radical (unpaired) electrons. The number of hydrogen-bond donors (Lipinski definition) is 3. The highest BCUT2D eigenvalue weighted by Gasteiger charge is 2.03. The number of carbonyl (C=O) groups is 2. The second-order valence-corrected chi connectivity index (χ2v) is 3.34. The number of nitrogens with one attached hydrogen (secondary N) is 2. The molecule has 3 N–H and O–H groups in total. The third kappa shape index (κ3) is 4.10. The van der Waals surface area contributed by atoms with Crippen molar-refractivity contribution in [1.82, 2.24) is 5.32 Å². The standard InChI is InChI=1S/C11H14N2O3/c1-8(14)13-10-5-3-2-4-9(10)6-12-7-11(15)16/h2-5,12H,6-7H2,1H3,(H,13,14)(H,15,16). The summed E-state index contributed by atoms with van der Waals surface area (Å²) in [4.78, 5) is 21.2. The molecule has 0 saturated carbocycles. The number of aliphatic carboxylic acids is 1. The molecule has 5 nitrogen and oxygen atoms in total. The van der Waals surface area contributed by atoms with Crippen molar-refractivity contribution in [2.45, 2.75) is 13.5 Å². The Morgan fingerprint density at radius 3 is 2.62 bits per heavy atom. The average molecular weight is 222 g/mol. The summed E-state index contributed by atoms with van der Waals surface area (Å²) in [5.41, 5.74) is 1.56. The van der Waals surface area contributed by atoms with Crippen molar-refractivity contribution in [1.29, 1.82) is 0 Å². The Morgan fingerprint density at radius 1 is 1.31 bits per heavy atom. The number of carboxylic acid groups (broad SMARTS) is 1. The summed E-state index contributed by atoms with van der Waals surface area (Å²) >= 11 is 0. The van der Waals surface area contributed by atoms with Crippen molar-refractivity contribution in [3.05, 3.63) is 29.8 Å². The highest BCUT2D eigenvalue weighted by molar-refractivity contribution is 5.89. The maximum atomic E-state index is 10.9. The van der Waals surface area contributed by atoms with Gasteiger partial charge < -0.3 is 15.7 Å². The average Bonchev–Trinajstić information content (AvgIpc) is 2.19. The fraction of sp³-hybridized carbons (Fsp3) is 0.273. The molecule has 86 valence electrons. The van der Waals surface area contributed by atoms with Crippen LogP contribution in [0.5, 0.6) is 0 Å². The number of para-hydroxylation sites is 1. The summed E-state index contributed by atoms with van der Waals surface area (Å²) in [5, 5.41) is 13.9. The third-order valence-corrected chi connectivity index (χ3v) is 1.92. The zero-order chi connectivity index (χ0) is 12.0. The molecule has 1 amide bonds. The fourth-order valence-corrected chi connectivity index (χ4v) is 1.29. The van der Waals surface area contributed by atoms with Gasteiger partial charge in [0, 0.05) is 19.2 Å². The first-order valence-corrected chi connectivity index (χ1v) is 4.87. The molecule has 0 bridgehead atoms. The van der Waals surface area contributed by atoms with E-state index in [1.165, 1.54) is 6.92 Å². The molecule has 0 aliphatic carbocycles. The van der Waals surface area contributed by atoms with E-state index in [0.29, 0.717) is 12.2 Å². The van der Waals surface area contributed by atoms with Crippen molar-refractivity contribution < 1.29 is 14.7 Å². The number of anilines is 1. The summed E-state index contributed by atoms with van der Waals surface area (Å²) in [5.74, 6) is -1.05. The van der Waals surface area contributed by atoms with E-state index < -0.39 is 5.97 Å². The highest BCUT2D eigenvalue weighted by Crippen LogP contribution is 2.14. The van der Waals surface area contributed by atoms with Crippen LogP contribution < -0.4 is 10.6 Å². The molecule has 0 aromatic heterocycles. The summed E-state index contributed by atoms with van der Waals surface area (Å²) in [6.07, 6.45) is 0. The van der Waals surface area contributed by atoms with Crippen LogP contribution in [0.1, 0.15) is 12.5 Å². The molecule has 0 aliphatic rings. The fourth-order valence-electron chi connectivity index (χ4n) is 1.29. The van der Waals surface area contributed by atoms with E-state index in [1.54, 1.807) is 6.07 Å². The lowest BCUT2D eigenvalue weighted by atomic mass is 10.1. The van der Waals surface area contributed by atoms with Crippen molar-refractivity contribution in [3.8, 4) is 0 Å². The summed E-state index contributed by atoms with van der Waals surface area (Å²) in [6.45, 7) is 1.73. The number of hydrogen-bond acceptors (Lipinski definition) is 3. The van der Waals surface area contributed by atoms with Gasteiger partial charge in [-0.25, -0.2) is 0 Å². The van der Waals surface area contributed by atoms with Gasteiger partial charge in [0.05, 0.1) is 6.54 Å². The Morgan fingerprint density at radius 2 is 2.00 bits per heavy atom. The smallest absolute Gasteiger partial charge is 0.317 e. The van der Waals surface area contributed by atoms with Crippen LogP contribution in [0.15, 0.2) is 24.3 Å². The van der Waals surface area contributed by atoms with Crippen LogP contribution in [-0.2, 0) is 16.1 Å². The van der Waals surface area contributed by atoms with Crippen LogP contribution in [0.2, 0.25) is 0 Å². The van der Waals surface area contributed by atoms with E-state index in [0.717, 1.165) is 5.56 Å². The first-order valence-electron chi connectivity index (χ1n) is 4.87. The topological polar surface area (TPSA) is 78.4 Å². The molecule has 1 aromatic carbocycles. The number of rotatable bonds is 5. The number of carboxylic acids is 1. The van der Waals surface area contributed by atoms with Gasteiger partial charge in [0.25, 0.3) is 0 Å². The lowest BCUT2D eigenvalue weighted by Crippen LogP contribution is -2.22. The third-order valence-electron chi connectivity index (χ3n) is 1.92. The summed E-state index contributed by atoms with van der Waals surface area (Å²) in [7, 11) is 0. The lowest BCUT2D eigenvalue weighted by molar-refractivity contribution is -0.136. The summed E-state index contributed by atoms with van der Waals surface area (Å²) in [6, 6.07) is 7.26. The van der Waals surface area contributed by atoms with Crippen molar-refractivity contribution in [2.24, 2.45) is 0 Å². The zero-order valence-corrected chi connectivity index (χ0v) is 8.99. The minimum Gasteiger partial charge on any atom is -0.480 e. The van der Waals surface area contributed by atoms with Crippen LogP contribution in [0, 0.1) is 0 Å². The molecular formula is C11H14N2O3. The zero-order valence-electron chi connectivity index (χ0n) is 8.99. The highest BCUT2D eigenvalue weighted by atomic mass is 16.4. The molecule has 0 unspecified atom stereocenters. The number of carbonyl (C=O) groups excluding carboxylic acids is 1. The first kappa shape index (κ1) is 12.2. The van der Waals surface area contributed by atoms with Gasteiger partial charge in [-0.05, 0) is 11.6 Å². The van der Waals surface area contributed by atoms with Gasteiger partial charge in [0.1, 0.15) is 0 Å². The Bertz CT molecular complexity index is 391. The normalized spacial score (nSPS) is 9.81. The van der Waals surface area contributed by atoms with Crippen LogP contribution in [0.4, 0.5) is 5.69 Å². The van der Waals surface area contributed by atoms with Crippen LogP contribution >= 0.6 is 0 Å². The summed E-state index contributed by atoms with van der Waals surface area (Å²) < 4.78 is 0. The number of benzene rings is 1. The minimum absolute atomic E-state index is 0.103. The second-order valence-electron chi connectivity index (χ2n) is 3.34. The van der Waals surface area contributed by atoms with E-state index >= 15 is 0 Å². The maximum absolute atomic E-state index is 10.9. The monoisotopic (exact) mass is 222 g/mol. The van der Waals surface area contributed by atoms with Gasteiger partial charge >= 0.3 is 5.97 Å². The molecular weight excluding hydrogens is 208 g/mol. The molecule has 1 aromatic rings. The second kappa shape index (κ2) is 5.87. The Kier molecular flexibility index (Phi) is 4.47. The predicted octanol–water partition coefficient (Wildman–Crippen LogP) is 0.819. The van der Waals surface area contributed by atoms with Crippen LogP contribution in [0.3, 0.4) is 0 Å². The largest absolute Gasteiger partial charge is 0.480 e. The van der Waals surface area contributed by atoms with Gasteiger partial charge in [-0.2, -0.15) is 0 Å². The molecule has 16 heavy (non-hydrogen) atoms. The van der Waals surface area contributed by atoms with Crippen LogP contribution in [0.25, 0.3) is 0 Å². The molecule has 0 atom stereocenters. The maximum Gasteiger partial charge on any atom is 0.317 e. The van der Waals surface area contributed by atoms with E-state index in [-0.39, 0.29) is 12.5 Å². The molecule has 0 fully saturated rings. The number of amides is 1. The van der Waals surface area contributed by atoms with Crippen molar-refractivity contribution in [2.75, 3.05) is 11.9 Å². The van der Waals surface area contributed by atoms with E-state index in [2.05, 4.69) is 10.6 Å². The van der Waals surface area contributed by atoms with Gasteiger partial charge in [0.2, 0.25) is 5.91 Å². The predicted molar refractivity (Wildman–Crippen MR) is 60.1 cm³/mol. The van der Waals surface area contributed by atoms with Gasteiger partial charge in [0.15, 0.2) is 0 Å². The molecule has 5 heteroatoms. The minimum atomic E-state index is -0.906. The Balaban J connectivity index is 2.63. The molecule has 0 heterocycles. The van der Waals surface area contributed by atoms with Gasteiger partial charge in [-0.15, -0.1) is 0 Å². The van der Waals surface area contributed by atoms with Gasteiger partial charge in [-0.1, -0.05) is 18.2 Å². The van der Waals surface area contributed by atoms with E-state index in [1.807, 2.05) is 18.2 Å². The first-order chi connectivity index (χ1) is 7.59. The molecule has 0 aliphatic heterocycles. The van der Waals surface area contributed by atoms with Crippen molar-refractivity contribution in [3.63, 3.8) is 0 Å². The molecule has 0 saturated heterocycles. The Labute approximate surface area is 93.5 Å². The lowest BCUT2D eigenvalue weighted by Gasteiger charge is -2.09. The molecule has 0 spiro atoms. The Hall–Kier alpha value is -1.88. The van der Waals surface area contributed by atoms with Gasteiger partial charge in [-0.3, -0.25) is 9.59 Å². The van der Waals surface area contributed by atoms with E-state index in [4.69, 9.17) is 5.11 Å².